The van der Waals surface area contributed by atoms with Gasteiger partial charge in [-0.1, -0.05) is 65.7 Å². The van der Waals surface area contributed by atoms with Crippen LogP contribution >= 0.6 is 23.2 Å². The molecular formula is C29H25Cl2N3O4S. The van der Waals surface area contributed by atoms with Crippen LogP contribution in [0.5, 0.6) is 5.75 Å². The van der Waals surface area contributed by atoms with Gasteiger partial charge < -0.3 is 4.74 Å². The third kappa shape index (κ3) is 7.38. The number of aryl methyl sites for hydroxylation is 1. The maximum atomic E-state index is 13.4. The number of anilines is 1. The van der Waals surface area contributed by atoms with Gasteiger partial charge in [-0.15, -0.1) is 0 Å². The van der Waals surface area contributed by atoms with Crippen molar-refractivity contribution in [2.45, 2.75) is 18.4 Å². The molecule has 0 unspecified atom stereocenters. The summed E-state index contributed by atoms with van der Waals surface area (Å²) >= 11 is 12.4. The van der Waals surface area contributed by atoms with E-state index in [-0.39, 0.29) is 10.6 Å². The first-order valence-electron chi connectivity index (χ1n) is 11.9. The second-order valence-electron chi connectivity index (χ2n) is 8.50. The predicted octanol–water partition coefficient (Wildman–Crippen LogP) is 6.23. The average molecular weight is 583 g/mol. The van der Waals surface area contributed by atoms with Gasteiger partial charge in [0.25, 0.3) is 15.9 Å². The Bertz CT molecular complexity index is 1580. The number of hydrazone groups is 1. The molecule has 0 radical (unpaired) electrons. The van der Waals surface area contributed by atoms with Crippen molar-refractivity contribution in [3.05, 3.63) is 124 Å². The zero-order valence-corrected chi connectivity index (χ0v) is 23.2. The highest BCUT2D eigenvalue weighted by atomic mass is 35.5. The number of benzene rings is 4. The quantitative estimate of drug-likeness (QED) is 0.178. The molecule has 39 heavy (non-hydrogen) atoms. The number of amides is 1. The minimum absolute atomic E-state index is 0.0508. The maximum Gasteiger partial charge on any atom is 0.264 e. The molecule has 1 amide bonds. The van der Waals surface area contributed by atoms with Crippen LogP contribution in [0.25, 0.3) is 0 Å². The van der Waals surface area contributed by atoms with E-state index in [1.54, 1.807) is 67.6 Å². The van der Waals surface area contributed by atoms with Crippen molar-refractivity contribution in [3.63, 3.8) is 0 Å². The van der Waals surface area contributed by atoms with Crippen molar-refractivity contribution in [2.24, 2.45) is 5.10 Å². The molecule has 0 aromatic heterocycles. The molecule has 0 spiro atoms. The normalized spacial score (nSPS) is 11.4. The molecule has 10 heteroatoms. The molecule has 0 heterocycles. The van der Waals surface area contributed by atoms with E-state index in [1.165, 1.54) is 24.4 Å². The summed E-state index contributed by atoms with van der Waals surface area (Å²) in [6.45, 7) is 1.64. The predicted molar refractivity (Wildman–Crippen MR) is 155 cm³/mol. The fourth-order valence-electron chi connectivity index (χ4n) is 3.54. The number of nitrogens with zero attached hydrogens (tertiary/aromatic N) is 2. The Morgan fingerprint density at radius 1 is 0.923 bits per heavy atom. The summed E-state index contributed by atoms with van der Waals surface area (Å²) in [4.78, 5) is 12.8. The fraction of sp³-hybridized carbons (Fsp3) is 0.103. The van der Waals surface area contributed by atoms with Crippen molar-refractivity contribution in [1.82, 2.24) is 5.43 Å². The Morgan fingerprint density at radius 2 is 1.62 bits per heavy atom. The summed E-state index contributed by atoms with van der Waals surface area (Å²) < 4.78 is 33.6. The molecule has 0 aliphatic rings. The van der Waals surface area contributed by atoms with Crippen LogP contribution in [0, 0.1) is 6.92 Å². The minimum Gasteiger partial charge on any atom is -0.489 e. The van der Waals surface area contributed by atoms with Crippen molar-refractivity contribution in [2.75, 3.05) is 10.8 Å². The van der Waals surface area contributed by atoms with Gasteiger partial charge in [0.2, 0.25) is 0 Å². The van der Waals surface area contributed by atoms with Crippen LogP contribution in [0.4, 0.5) is 5.69 Å². The van der Waals surface area contributed by atoms with Crippen molar-refractivity contribution < 1.29 is 17.9 Å². The van der Waals surface area contributed by atoms with Crippen LogP contribution in [0.2, 0.25) is 10.0 Å². The van der Waals surface area contributed by atoms with Crippen LogP contribution in [-0.4, -0.2) is 27.1 Å². The third-order valence-corrected chi connectivity index (χ3v) is 8.26. The second-order valence-corrected chi connectivity index (χ2v) is 11.2. The largest absolute Gasteiger partial charge is 0.489 e. The van der Waals surface area contributed by atoms with Gasteiger partial charge in [-0.25, -0.2) is 13.8 Å². The molecule has 0 atom stereocenters. The summed E-state index contributed by atoms with van der Waals surface area (Å²) in [5, 5.41) is 5.00. The molecular weight excluding hydrogens is 557 g/mol. The number of nitrogens with one attached hydrogen (secondary N) is 1. The van der Waals surface area contributed by atoms with E-state index in [2.05, 4.69) is 10.5 Å². The molecule has 0 aliphatic heterocycles. The van der Waals surface area contributed by atoms with Gasteiger partial charge in [0.05, 0.1) is 16.8 Å². The fourth-order valence-corrected chi connectivity index (χ4v) is 5.34. The van der Waals surface area contributed by atoms with Gasteiger partial charge in [-0.05, 0) is 72.6 Å². The van der Waals surface area contributed by atoms with Crippen LogP contribution < -0.4 is 14.5 Å². The van der Waals surface area contributed by atoms with E-state index >= 15 is 0 Å². The topological polar surface area (TPSA) is 88.1 Å². The molecule has 4 rings (SSSR count). The Morgan fingerprint density at radius 3 is 2.31 bits per heavy atom. The minimum atomic E-state index is -4.05. The lowest BCUT2D eigenvalue weighted by Crippen LogP contribution is -2.39. The number of rotatable bonds is 10. The molecule has 0 fully saturated rings. The number of hydrogen-bond acceptors (Lipinski definition) is 5. The van der Waals surface area contributed by atoms with Gasteiger partial charge in [-0.2, -0.15) is 5.10 Å². The Labute approximate surface area is 237 Å². The molecule has 4 aromatic rings. The molecule has 0 aliphatic carbocycles. The Hall–Kier alpha value is -3.85. The highest BCUT2D eigenvalue weighted by Gasteiger charge is 2.27. The molecule has 4 aromatic carbocycles. The Kier molecular flexibility index (Phi) is 9.24. The number of sulfonamides is 1. The zero-order chi connectivity index (χ0) is 27.8. The first-order valence-corrected chi connectivity index (χ1v) is 14.1. The molecule has 0 saturated heterocycles. The van der Waals surface area contributed by atoms with Gasteiger partial charge >= 0.3 is 0 Å². The van der Waals surface area contributed by atoms with Gasteiger partial charge in [0, 0.05) is 15.6 Å². The van der Waals surface area contributed by atoms with E-state index in [1.807, 2.05) is 18.2 Å². The smallest absolute Gasteiger partial charge is 0.264 e. The standard InChI is InChI=1S/C29H25Cl2N3O4S/c1-21-11-14-24(17-28(21)31)34(39(36,37)26-8-3-2-4-9-26)19-29(35)33-32-18-22-12-15-25(16-13-22)38-20-23-7-5-6-10-27(23)30/h2-18H,19-20H2,1H3,(H,33,35). The first-order chi connectivity index (χ1) is 18.7. The van der Waals surface area contributed by atoms with Crippen molar-refractivity contribution in [1.29, 1.82) is 0 Å². The third-order valence-electron chi connectivity index (χ3n) is 5.70. The van der Waals surface area contributed by atoms with Crippen molar-refractivity contribution >= 4 is 51.0 Å². The summed E-state index contributed by atoms with van der Waals surface area (Å²) in [6.07, 6.45) is 1.45. The number of carbonyl (C=O) groups excluding carboxylic acids is 1. The second kappa shape index (κ2) is 12.8. The SMILES string of the molecule is Cc1ccc(N(CC(=O)NN=Cc2ccc(OCc3ccccc3Cl)cc2)S(=O)(=O)c2ccccc2)cc1Cl. The lowest BCUT2D eigenvalue weighted by atomic mass is 10.2. The van der Waals surface area contributed by atoms with E-state index in [9.17, 15) is 13.2 Å². The lowest BCUT2D eigenvalue weighted by Gasteiger charge is -2.24. The number of halogens is 2. The van der Waals surface area contributed by atoms with Gasteiger partial charge in [0.15, 0.2) is 0 Å². The molecule has 0 bridgehead atoms. The average Bonchev–Trinajstić information content (AvgIpc) is 2.94. The number of ether oxygens (including phenoxy) is 1. The van der Waals surface area contributed by atoms with E-state index in [0.717, 1.165) is 15.4 Å². The highest BCUT2D eigenvalue weighted by Crippen LogP contribution is 2.28. The summed E-state index contributed by atoms with van der Waals surface area (Å²) in [7, 11) is -4.05. The summed E-state index contributed by atoms with van der Waals surface area (Å²) in [5.74, 6) is 0.0248. The molecule has 0 saturated carbocycles. The van der Waals surface area contributed by atoms with Crippen LogP contribution in [-0.2, 0) is 21.4 Å². The molecule has 1 N–H and O–H groups in total. The monoisotopic (exact) mass is 581 g/mol. The maximum absolute atomic E-state index is 13.4. The number of hydrogen-bond donors (Lipinski definition) is 1. The van der Waals surface area contributed by atoms with Crippen LogP contribution in [0.15, 0.2) is 107 Å². The first kappa shape index (κ1) is 28.2. The van der Waals surface area contributed by atoms with Crippen molar-refractivity contribution in [3.8, 4) is 5.75 Å². The molecule has 200 valence electrons. The lowest BCUT2D eigenvalue weighted by molar-refractivity contribution is -0.119. The van der Waals surface area contributed by atoms with Gasteiger partial charge in [-0.3, -0.25) is 9.10 Å². The zero-order valence-electron chi connectivity index (χ0n) is 20.9. The van der Waals surface area contributed by atoms with E-state index in [4.69, 9.17) is 27.9 Å². The van der Waals surface area contributed by atoms with E-state index in [0.29, 0.717) is 28.0 Å². The highest BCUT2D eigenvalue weighted by molar-refractivity contribution is 7.92. The summed E-state index contributed by atoms with van der Waals surface area (Å²) in [5.41, 5.74) is 5.03. The van der Waals surface area contributed by atoms with Crippen LogP contribution in [0.3, 0.4) is 0 Å². The van der Waals surface area contributed by atoms with E-state index < -0.39 is 22.5 Å². The Balaban J connectivity index is 1.42. The summed E-state index contributed by atoms with van der Waals surface area (Å²) in [6, 6.07) is 27.3. The number of carbonyl (C=O) groups is 1. The molecule has 7 nitrogen and oxygen atoms in total. The van der Waals surface area contributed by atoms with Crippen LogP contribution in [0.1, 0.15) is 16.7 Å². The van der Waals surface area contributed by atoms with Gasteiger partial charge in [0.1, 0.15) is 18.9 Å².